The number of aromatic nitrogens is 4. The van der Waals surface area contributed by atoms with Crippen LogP contribution in [0.1, 0.15) is 18.5 Å². The molecule has 0 bridgehead atoms. The van der Waals surface area contributed by atoms with Crippen LogP contribution < -0.4 is 4.90 Å². The maximum absolute atomic E-state index is 5.81. The Morgan fingerprint density at radius 2 is 2.33 bits per heavy atom. The molecule has 4 rings (SSSR count). The van der Waals surface area contributed by atoms with Gasteiger partial charge in [-0.15, -0.1) is 0 Å². The Labute approximate surface area is 104 Å². The number of aryl methyl sites for hydroxylation is 1. The monoisotopic (exact) mass is 245 g/mol. The van der Waals surface area contributed by atoms with Crippen molar-refractivity contribution in [3.05, 3.63) is 11.9 Å². The number of fused-ring (bicyclic) bond motifs is 1. The molecular formula is C12H15N5O. The topological polar surface area (TPSA) is 66.9 Å². The summed E-state index contributed by atoms with van der Waals surface area (Å²) < 4.78 is 5.81. The summed E-state index contributed by atoms with van der Waals surface area (Å²) in [7, 11) is 0. The van der Waals surface area contributed by atoms with E-state index in [0.29, 0.717) is 0 Å². The molecule has 1 spiro atoms. The van der Waals surface area contributed by atoms with E-state index < -0.39 is 0 Å². The van der Waals surface area contributed by atoms with E-state index in [-0.39, 0.29) is 5.60 Å². The van der Waals surface area contributed by atoms with Crippen LogP contribution >= 0.6 is 0 Å². The lowest BCUT2D eigenvalue weighted by atomic mass is 10.2. The molecule has 2 aromatic heterocycles. The van der Waals surface area contributed by atoms with E-state index in [2.05, 4.69) is 25.1 Å². The summed E-state index contributed by atoms with van der Waals surface area (Å²) in [5.74, 6) is 0.793. The first-order valence-corrected chi connectivity index (χ1v) is 6.32. The zero-order valence-corrected chi connectivity index (χ0v) is 10.3. The van der Waals surface area contributed by atoms with Gasteiger partial charge in [0.25, 0.3) is 0 Å². The van der Waals surface area contributed by atoms with Crippen LogP contribution in [0.4, 0.5) is 5.95 Å². The van der Waals surface area contributed by atoms with Gasteiger partial charge in [-0.25, -0.2) is 9.97 Å². The highest BCUT2D eigenvalue weighted by Gasteiger charge is 2.47. The molecule has 2 fully saturated rings. The van der Waals surface area contributed by atoms with E-state index >= 15 is 0 Å². The Bertz CT molecular complexity index is 604. The fourth-order valence-corrected chi connectivity index (χ4v) is 2.54. The Morgan fingerprint density at radius 1 is 1.44 bits per heavy atom. The number of nitrogens with one attached hydrogen (secondary N) is 1. The minimum absolute atomic E-state index is 0.0992. The molecule has 0 unspecified atom stereocenters. The minimum atomic E-state index is 0.0992. The maximum Gasteiger partial charge on any atom is 0.226 e. The average molecular weight is 245 g/mol. The van der Waals surface area contributed by atoms with Crippen LogP contribution in [0.25, 0.3) is 11.0 Å². The van der Waals surface area contributed by atoms with Gasteiger partial charge < -0.3 is 9.64 Å². The van der Waals surface area contributed by atoms with Crippen LogP contribution in [-0.4, -0.2) is 45.5 Å². The quantitative estimate of drug-likeness (QED) is 0.812. The summed E-state index contributed by atoms with van der Waals surface area (Å²) in [4.78, 5) is 11.3. The summed E-state index contributed by atoms with van der Waals surface area (Å²) in [6.07, 6.45) is 4.14. The van der Waals surface area contributed by atoms with E-state index in [0.717, 1.165) is 55.2 Å². The number of anilines is 1. The Kier molecular flexibility index (Phi) is 1.94. The third-order valence-electron chi connectivity index (χ3n) is 3.80. The third kappa shape index (κ3) is 1.49. The van der Waals surface area contributed by atoms with Crippen molar-refractivity contribution in [3.63, 3.8) is 0 Å². The highest BCUT2D eigenvalue weighted by molar-refractivity contribution is 5.76. The van der Waals surface area contributed by atoms with Gasteiger partial charge in [0.15, 0.2) is 0 Å². The molecule has 18 heavy (non-hydrogen) atoms. The fraction of sp³-hybridized carbons (Fsp3) is 0.583. The lowest BCUT2D eigenvalue weighted by Crippen LogP contribution is -2.44. The van der Waals surface area contributed by atoms with Gasteiger partial charge >= 0.3 is 0 Å². The number of nitrogens with zero attached hydrogens (tertiary/aromatic N) is 4. The molecule has 1 aliphatic carbocycles. The molecule has 1 N–H and O–H groups in total. The van der Waals surface area contributed by atoms with Gasteiger partial charge in [0.05, 0.1) is 24.1 Å². The molecule has 94 valence electrons. The normalized spacial score (nSPS) is 21.7. The Hall–Kier alpha value is -1.69. The molecule has 0 atom stereocenters. The molecule has 0 aromatic carbocycles. The van der Waals surface area contributed by atoms with Crippen LogP contribution in [0.2, 0.25) is 0 Å². The second-order valence-electron chi connectivity index (χ2n) is 5.19. The molecule has 0 amide bonds. The van der Waals surface area contributed by atoms with Crippen molar-refractivity contribution in [3.8, 4) is 0 Å². The van der Waals surface area contributed by atoms with Crippen molar-refractivity contribution >= 4 is 17.0 Å². The molecular weight excluding hydrogens is 230 g/mol. The van der Waals surface area contributed by atoms with Gasteiger partial charge in [0, 0.05) is 13.1 Å². The predicted molar refractivity (Wildman–Crippen MR) is 66.6 cm³/mol. The molecule has 2 aromatic rings. The first-order valence-electron chi connectivity index (χ1n) is 6.32. The van der Waals surface area contributed by atoms with Crippen LogP contribution in [0.3, 0.4) is 0 Å². The van der Waals surface area contributed by atoms with E-state index in [4.69, 9.17) is 4.74 Å². The highest BCUT2D eigenvalue weighted by Crippen LogP contribution is 2.42. The predicted octanol–water partition coefficient (Wildman–Crippen LogP) is 1.03. The van der Waals surface area contributed by atoms with Crippen molar-refractivity contribution in [2.24, 2.45) is 0 Å². The summed E-state index contributed by atoms with van der Waals surface area (Å²) in [5, 5.41) is 7.08. The summed E-state index contributed by atoms with van der Waals surface area (Å²) in [6, 6.07) is 0. The second kappa shape index (κ2) is 3.41. The molecule has 2 aliphatic rings. The smallest absolute Gasteiger partial charge is 0.226 e. The molecule has 1 saturated heterocycles. The fourth-order valence-electron chi connectivity index (χ4n) is 2.54. The van der Waals surface area contributed by atoms with Crippen LogP contribution in [0, 0.1) is 6.92 Å². The Balaban J connectivity index is 1.70. The van der Waals surface area contributed by atoms with Gasteiger partial charge in [0.1, 0.15) is 11.0 Å². The van der Waals surface area contributed by atoms with Crippen molar-refractivity contribution < 1.29 is 4.74 Å². The molecule has 6 heteroatoms. The first kappa shape index (κ1) is 10.3. The molecule has 1 aliphatic heterocycles. The van der Waals surface area contributed by atoms with Crippen LogP contribution in [-0.2, 0) is 4.74 Å². The van der Waals surface area contributed by atoms with Crippen LogP contribution in [0.15, 0.2) is 6.20 Å². The molecule has 1 saturated carbocycles. The highest BCUT2D eigenvalue weighted by atomic mass is 16.5. The van der Waals surface area contributed by atoms with E-state index in [9.17, 15) is 0 Å². The van der Waals surface area contributed by atoms with Crippen molar-refractivity contribution in [2.75, 3.05) is 24.6 Å². The van der Waals surface area contributed by atoms with Crippen molar-refractivity contribution in [1.82, 2.24) is 20.2 Å². The number of hydrogen-bond donors (Lipinski definition) is 1. The zero-order chi connectivity index (χ0) is 12.2. The number of morpholine rings is 1. The number of ether oxygens (including phenoxy) is 1. The summed E-state index contributed by atoms with van der Waals surface area (Å²) in [5.41, 5.74) is 2.83. The second-order valence-corrected chi connectivity index (χ2v) is 5.19. The lowest BCUT2D eigenvalue weighted by Gasteiger charge is -2.33. The number of aromatic amines is 1. The van der Waals surface area contributed by atoms with Gasteiger partial charge in [-0.3, -0.25) is 5.10 Å². The van der Waals surface area contributed by atoms with E-state index in [1.54, 1.807) is 0 Å². The molecule has 0 radical (unpaired) electrons. The Morgan fingerprint density at radius 3 is 3.17 bits per heavy atom. The molecule has 3 heterocycles. The van der Waals surface area contributed by atoms with Crippen LogP contribution in [0.5, 0.6) is 0 Å². The van der Waals surface area contributed by atoms with Crippen molar-refractivity contribution in [2.45, 2.75) is 25.4 Å². The SMILES string of the molecule is Cc1n[nH]c2cnc(N3CCOC4(CC4)C3)nc12. The lowest BCUT2D eigenvalue weighted by molar-refractivity contribution is 0.0201. The number of hydrogen-bond acceptors (Lipinski definition) is 5. The van der Waals surface area contributed by atoms with Crippen molar-refractivity contribution in [1.29, 1.82) is 0 Å². The number of rotatable bonds is 1. The third-order valence-corrected chi connectivity index (χ3v) is 3.80. The largest absolute Gasteiger partial charge is 0.371 e. The first-order chi connectivity index (χ1) is 8.76. The van der Waals surface area contributed by atoms with E-state index in [1.807, 2.05) is 13.1 Å². The number of H-pyrrole nitrogens is 1. The maximum atomic E-state index is 5.81. The average Bonchev–Trinajstić information content (AvgIpc) is 3.04. The van der Waals surface area contributed by atoms with Gasteiger partial charge in [-0.05, 0) is 19.8 Å². The molecule has 6 nitrogen and oxygen atoms in total. The summed E-state index contributed by atoms with van der Waals surface area (Å²) >= 11 is 0. The summed E-state index contributed by atoms with van der Waals surface area (Å²) in [6.45, 7) is 4.50. The standard InChI is InChI=1S/C12H15N5O/c1-8-10-9(16-15-8)6-13-11(14-10)17-4-5-18-12(7-17)2-3-12/h6H,2-5,7H2,1H3,(H,15,16). The zero-order valence-electron chi connectivity index (χ0n) is 10.3. The van der Waals surface area contributed by atoms with Gasteiger partial charge in [-0.1, -0.05) is 0 Å². The van der Waals surface area contributed by atoms with E-state index in [1.165, 1.54) is 0 Å². The van der Waals surface area contributed by atoms with Gasteiger partial charge in [-0.2, -0.15) is 5.10 Å². The van der Waals surface area contributed by atoms with Gasteiger partial charge in [0.2, 0.25) is 5.95 Å². The minimum Gasteiger partial charge on any atom is -0.371 e.